The number of nitrogens with zero attached hydrogens (tertiary/aromatic N) is 2. The molecule has 3 aromatic carbocycles. The lowest BCUT2D eigenvalue weighted by Gasteiger charge is -2.22. The van der Waals surface area contributed by atoms with Gasteiger partial charge < -0.3 is 4.42 Å². The maximum atomic E-state index is 9.95. The van der Waals surface area contributed by atoms with Crippen LogP contribution in [0.4, 0.5) is 0 Å². The molecule has 0 amide bonds. The van der Waals surface area contributed by atoms with Crippen LogP contribution in [0.5, 0.6) is 0 Å². The third kappa shape index (κ3) is 3.52. The Morgan fingerprint density at radius 1 is 0.861 bits per heavy atom. The van der Waals surface area contributed by atoms with E-state index in [1.807, 2.05) is 30.3 Å². The molecular formula is C33H31N2O+. The van der Waals surface area contributed by atoms with Crippen LogP contribution in [-0.4, -0.2) is 0 Å². The summed E-state index contributed by atoms with van der Waals surface area (Å²) in [6.07, 6.45) is 6.60. The molecule has 3 nitrogen and oxygen atoms in total. The first-order valence-corrected chi connectivity index (χ1v) is 13.0. The van der Waals surface area contributed by atoms with Gasteiger partial charge in [-0.05, 0) is 55.0 Å². The van der Waals surface area contributed by atoms with Gasteiger partial charge in [0.1, 0.15) is 18.2 Å². The number of nitriles is 1. The fourth-order valence-electron chi connectivity index (χ4n) is 6.17. The van der Waals surface area contributed by atoms with Crippen LogP contribution in [0.1, 0.15) is 60.4 Å². The van der Waals surface area contributed by atoms with Crippen molar-refractivity contribution in [3.8, 4) is 28.5 Å². The van der Waals surface area contributed by atoms with Crippen molar-refractivity contribution in [1.29, 1.82) is 5.26 Å². The van der Waals surface area contributed by atoms with Gasteiger partial charge in [0.05, 0.1) is 17.2 Å². The molecule has 0 bridgehead atoms. The third-order valence-electron chi connectivity index (χ3n) is 8.21. The van der Waals surface area contributed by atoms with Gasteiger partial charge in [-0.1, -0.05) is 61.7 Å². The van der Waals surface area contributed by atoms with E-state index in [1.165, 1.54) is 48.9 Å². The predicted molar refractivity (Wildman–Crippen MR) is 146 cm³/mol. The van der Waals surface area contributed by atoms with E-state index in [0.717, 1.165) is 44.3 Å². The van der Waals surface area contributed by atoms with Crippen molar-refractivity contribution in [2.24, 2.45) is 7.05 Å². The Hall–Kier alpha value is -3.90. The smallest absolute Gasteiger partial charge is 0.216 e. The highest BCUT2D eigenvalue weighted by molar-refractivity contribution is 6.15. The number of fused-ring (bicyclic) bond motifs is 3. The molecule has 6 rings (SSSR count). The topological polar surface area (TPSA) is 40.8 Å². The minimum atomic E-state index is 0.645. The quantitative estimate of drug-likeness (QED) is 0.248. The molecule has 1 aliphatic rings. The molecule has 36 heavy (non-hydrogen) atoms. The highest BCUT2D eigenvalue weighted by atomic mass is 16.3. The second-order valence-electron chi connectivity index (χ2n) is 10.2. The Balaban J connectivity index is 1.61. The molecule has 2 heterocycles. The van der Waals surface area contributed by atoms with Gasteiger partial charge in [-0.25, -0.2) is 0 Å². The highest BCUT2D eigenvalue weighted by Crippen LogP contribution is 2.42. The number of rotatable bonds is 3. The van der Waals surface area contributed by atoms with Gasteiger partial charge in [-0.2, -0.15) is 9.83 Å². The van der Waals surface area contributed by atoms with E-state index in [-0.39, 0.29) is 0 Å². The Morgan fingerprint density at radius 2 is 1.64 bits per heavy atom. The third-order valence-corrected chi connectivity index (χ3v) is 8.21. The molecule has 0 atom stereocenters. The maximum absolute atomic E-state index is 9.95. The zero-order chi connectivity index (χ0) is 24.8. The maximum Gasteiger partial charge on any atom is 0.216 e. The van der Waals surface area contributed by atoms with Crippen LogP contribution in [0.25, 0.3) is 44.3 Å². The molecule has 0 radical (unpaired) electrons. The SMILES string of the molecule is Cc1ccc2c(oc3c(-c4ccccc4)ccc(C#N)c32)c1-c1ccc(C2CCCCC2)c(C)[n+]1C. The number of aryl methyl sites for hydroxylation is 1. The van der Waals surface area contributed by atoms with E-state index >= 15 is 0 Å². The first-order chi connectivity index (χ1) is 17.6. The summed E-state index contributed by atoms with van der Waals surface area (Å²) in [7, 11) is 2.17. The second-order valence-corrected chi connectivity index (χ2v) is 10.2. The number of furan rings is 1. The summed E-state index contributed by atoms with van der Waals surface area (Å²) in [6.45, 7) is 4.40. The molecule has 0 aliphatic heterocycles. The average Bonchev–Trinajstić information content (AvgIpc) is 3.31. The summed E-state index contributed by atoms with van der Waals surface area (Å²) in [5.74, 6) is 0.661. The van der Waals surface area contributed by atoms with Crippen LogP contribution in [-0.2, 0) is 7.05 Å². The van der Waals surface area contributed by atoms with Gasteiger partial charge in [0, 0.05) is 34.9 Å². The van der Waals surface area contributed by atoms with Gasteiger partial charge in [-0.15, -0.1) is 0 Å². The lowest BCUT2D eigenvalue weighted by molar-refractivity contribution is -0.667. The van der Waals surface area contributed by atoms with E-state index < -0.39 is 0 Å². The second kappa shape index (κ2) is 8.95. The number of aromatic nitrogens is 1. The Bertz CT molecular complexity index is 1650. The van der Waals surface area contributed by atoms with Crippen molar-refractivity contribution >= 4 is 21.9 Å². The summed E-state index contributed by atoms with van der Waals surface area (Å²) in [5, 5.41) is 11.8. The molecule has 0 N–H and O–H groups in total. The average molecular weight is 472 g/mol. The Kier molecular flexibility index (Phi) is 5.61. The normalized spacial score (nSPS) is 14.4. The van der Waals surface area contributed by atoms with Crippen molar-refractivity contribution < 1.29 is 8.98 Å². The number of benzene rings is 3. The van der Waals surface area contributed by atoms with Gasteiger partial charge >= 0.3 is 0 Å². The van der Waals surface area contributed by atoms with Crippen molar-refractivity contribution in [1.82, 2.24) is 0 Å². The molecule has 5 aromatic rings. The van der Waals surface area contributed by atoms with E-state index in [9.17, 15) is 5.26 Å². The molecule has 0 saturated heterocycles. The fraction of sp³-hybridized carbons (Fsp3) is 0.273. The van der Waals surface area contributed by atoms with Crippen LogP contribution in [0.15, 0.2) is 71.1 Å². The molecule has 178 valence electrons. The minimum absolute atomic E-state index is 0.645. The van der Waals surface area contributed by atoms with E-state index in [0.29, 0.717) is 11.5 Å². The minimum Gasteiger partial charge on any atom is -0.454 e. The molecule has 2 aromatic heterocycles. The molecule has 1 saturated carbocycles. The summed E-state index contributed by atoms with van der Waals surface area (Å²) < 4.78 is 9.06. The number of pyridine rings is 1. The summed E-state index contributed by atoms with van der Waals surface area (Å²) in [6, 6.07) is 25.5. The van der Waals surface area contributed by atoms with Gasteiger partial charge in [-0.3, -0.25) is 0 Å². The Morgan fingerprint density at radius 3 is 2.39 bits per heavy atom. The number of hydrogen-bond acceptors (Lipinski definition) is 2. The molecule has 1 aliphatic carbocycles. The summed E-state index contributed by atoms with van der Waals surface area (Å²) in [5.41, 5.74) is 10.6. The first kappa shape index (κ1) is 22.6. The molecule has 0 unspecified atom stereocenters. The molecule has 0 spiro atoms. The van der Waals surface area contributed by atoms with Crippen LogP contribution in [0.2, 0.25) is 0 Å². The van der Waals surface area contributed by atoms with Crippen molar-refractivity contribution in [2.45, 2.75) is 51.9 Å². The zero-order valence-electron chi connectivity index (χ0n) is 21.3. The van der Waals surface area contributed by atoms with E-state index in [1.54, 1.807) is 0 Å². The lowest BCUT2D eigenvalue weighted by atomic mass is 9.83. The van der Waals surface area contributed by atoms with Crippen LogP contribution < -0.4 is 4.57 Å². The zero-order valence-corrected chi connectivity index (χ0v) is 21.3. The van der Waals surface area contributed by atoms with Crippen molar-refractivity contribution in [3.05, 3.63) is 89.1 Å². The highest BCUT2D eigenvalue weighted by Gasteiger charge is 2.27. The van der Waals surface area contributed by atoms with Crippen LogP contribution >= 0.6 is 0 Å². The summed E-state index contributed by atoms with van der Waals surface area (Å²) >= 11 is 0. The van der Waals surface area contributed by atoms with Crippen LogP contribution in [0.3, 0.4) is 0 Å². The molecule has 3 heteroatoms. The van der Waals surface area contributed by atoms with Gasteiger partial charge in [0.25, 0.3) is 0 Å². The first-order valence-electron chi connectivity index (χ1n) is 13.0. The largest absolute Gasteiger partial charge is 0.454 e. The van der Waals surface area contributed by atoms with Gasteiger partial charge in [0.15, 0.2) is 5.69 Å². The predicted octanol–water partition coefficient (Wildman–Crippen LogP) is 8.28. The van der Waals surface area contributed by atoms with Crippen molar-refractivity contribution in [2.75, 3.05) is 0 Å². The monoisotopic (exact) mass is 471 g/mol. The van der Waals surface area contributed by atoms with E-state index in [4.69, 9.17) is 4.42 Å². The lowest BCUT2D eigenvalue weighted by Crippen LogP contribution is -2.36. The Labute approximate surface area is 212 Å². The van der Waals surface area contributed by atoms with Crippen molar-refractivity contribution in [3.63, 3.8) is 0 Å². The van der Waals surface area contributed by atoms with E-state index in [2.05, 4.69) is 67.9 Å². The van der Waals surface area contributed by atoms with Crippen LogP contribution in [0, 0.1) is 25.2 Å². The number of hydrogen-bond donors (Lipinski definition) is 0. The summed E-state index contributed by atoms with van der Waals surface area (Å²) in [4.78, 5) is 0. The fourth-order valence-corrected chi connectivity index (χ4v) is 6.17. The molecule has 1 fully saturated rings. The van der Waals surface area contributed by atoms with Gasteiger partial charge in [0.2, 0.25) is 5.69 Å². The standard InChI is InChI=1S/C33H31N2O/c1-21-14-16-28-31-25(20-34)15-17-27(24-12-8-5-9-13-24)32(31)36-33(28)30(21)29-19-18-26(22(2)35(29)3)23-10-6-4-7-11-23/h5,8-9,12-19,23H,4,6-7,10-11H2,1-3H3/q+1. The molecular weight excluding hydrogens is 440 g/mol.